The molecule has 1 aromatic carbocycles. The van der Waals surface area contributed by atoms with Crippen LogP contribution in [0.3, 0.4) is 0 Å². The van der Waals surface area contributed by atoms with Gasteiger partial charge in [0.15, 0.2) is 0 Å². The van der Waals surface area contributed by atoms with E-state index < -0.39 is 5.60 Å². The van der Waals surface area contributed by atoms with Gasteiger partial charge in [-0.3, -0.25) is 4.79 Å². The maximum absolute atomic E-state index is 12.7. The Morgan fingerprint density at radius 3 is 2.56 bits per heavy atom. The lowest BCUT2D eigenvalue weighted by Crippen LogP contribution is -2.63. The van der Waals surface area contributed by atoms with E-state index in [1.807, 2.05) is 6.92 Å². The summed E-state index contributed by atoms with van der Waals surface area (Å²) in [5.74, 6) is -0.310. The van der Waals surface area contributed by atoms with Crippen LogP contribution < -0.4 is 0 Å². The van der Waals surface area contributed by atoms with Gasteiger partial charge in [-0.1, -0.05) is 25.5 Å². The molecule has 1 N–H and O–H groups in total. The molecule has 1 fully saturated rings. The van der Waals surface area contributed by atoms with E-state index in [0.717, 1.165) is 18.4 Å². The fourth-order valence-corrected chi connectivity index (χ4v) is 2.35. The second-order valence-corrected chi connectivity index (χ2v) is 5.03. The zero-order valence-corrected chi connectivity index (χ0v) is 10.5. The van der Waals surface area contributed by atoms with E-state index in [1.165, 1.54) is 12.1 Å². The minimum atomic E-state index is -0.687. The second-order valence-electron chi connectivity index (χ2n) is 5.03. The SMILES string of the molecule is CCCC1(O)CN(C(=O)Cc2ccc(F)cc2)C1. The highest BCUT2D eigenvalue weighted by Gasteiger charge is 2.42. The maximum atomic E-state index is 12.7. The number of hydrogen-bond donors (Lipinski definition) is 1. The van der Waals surface area contributed by atoms with Crippen LogP contribution in [0.5, 0.6) is 0 Å². The van der Waals surface area contributed by atoms with Crippen molar-refractivity contribution in [1.29, 1.82) is 0 Å². The molecule has 3 nitrogen and oxygen atoms in total. The molecule has 1 amide bonds. The number of nitrogens with zero attached hydrogens (tertiary/aromatic N) is 1. The Labute approximate surface area is 106 Å². The zero-order chi connectivity index (χ0) is 13.2. The summed E-state index contributed by atoms with van der Waals surface area (Å²) in [5, 5.41) is 9.99. The number of β-amino-alcohol motifs (C(OH)–C–C–N with tert-alkyl or cyclic N) is 1. The molecule has 0 atom stereocenters. The summed E-state index contributed by atoms with van der Waals surface area (Å²) in [5.41, 5.74) is 0.111. The predicted octanol–water partition coefficient (Wildman–Crippen LogP) is 1.74. The number of carbonyl (C=O) groups excluding carboxylic acids is 1. The van der Waals surface area contributed by atoms with Crippen molar-refractivity contribution >= 4 is 5.91 Å². The molecule has 4 heteroatoms. The van der Waals surface area contributed by atoms with Gasteiger partial charge >= 0.3 is 0 Å². The molecular formula is C14H18FNO2. The number of carbonyl (C=O) groups is 1. The molecule has 0 unspecified atom stereocenters. The Bertz CT molecular complexity index is 424. The van der Waals surface area contributed by atoms with Crippen LogP contribution in [0.25, 0.3) is 0 Å². The number of amides is 1. The summed E-state index contributed by atoms with van der Waals surface area (Å²) in [4.78, 5) is 13.5. The van der Waals surface area contributed by atoms with Gasteiger partial charge in [0.05, 0.1) is 25.1 Å². The Morgan fingerprint density at radius 1 is 1.39 bits per heavy atom. The first kappa shape index (κ1) is 13.0. The Balaban J connectivity index is 1.85. The maximum Gasteiger partial charge on any atom is 0.227 e. The van der Waals surface area contributed by atoms with E-state index >= 15 is 0 Å². The van der Waals surface area contributed by atoms with Crippen molar-refractivity contribution in [1.82, 2.24) is 4.90 Å². The lowest BCUT2D eigenvalue weighted by molar-refractivity contribution is -0.155. The van der Waals surface area contributed by atoms with Crippen molar-refractivity contribution in [2.45, 2.75) is 31.8 Å². The first-order valence-electron chi connectivity index (χ1n) is 6.27. The summed E-state index contributed by atoms with van der Waals surface area (Å²) in [7, 11) is 0. The van der Waals surface area contributed by atoms with Crippen LogP contribution >= 0.6 is 0 Å². The number of aliphatic hydroxyl groups is 1. The topological polar surface area (TPSA) is 40.5 Å². The summed E-state index contributed by atoms with van der Waals surface area (Å²) in [6.07, 6.45) is 1.91. The summed E-state index contributed by atoms with van der Waals surface area (Å²) >= 11 is 0. The van der Waals surface area contributed by atoms with Crippen LogP contribution in [0.2, 0.25) is 0 Å². The molecule has 1 aromatic rings. The number of rotatable bonds is 4. The van der Waals surface area contributed by atoms with Crippen molar-refractivity contribution in [3.63, 3.8) is 0 Å². The van der Waals surface area contributed by atoms with Crippen LogP contribution in [-0.4, -0.2) is 34.6 Å². The molecule has 0 saturated carbocycles. The Morgan fingerprint density at radius 2 is 2.00 bits per heavy atom. The number of benzene rings is 1. The van der Waals surface area contributed by atoms with Crippen molar-refractivity contribution in [3.05, 3.63) is 35.6 Å². The molecule has 18 heavy (non-hydrogen) atoms. The fraction of sp³-hybridized carbons (Fsp3) is 0.500. The highest BCUT2D eigenvalue weighted by Crippen LogP contribution is 2.26. The first-order chi connectivity index (χ1) is 8.52. The van der Waals surface area contributed by atoms with Crippen LogP contribution in [0.15, 0.2) is 24.3 Å². The third-order valence-electron chi connectivity index (χ3n) is 3.31. The van der Waals surface area contributed by atoms with Gasteiger partial charge in [0, 0.05) is 0 Å². The molecule has 1 saturated heterocycles. The predicted molar refractivity (Wildman–Crippen MR) is 66.5 cm³/mol. The molecule has 98 valence electrons. The summed E-state index contributed by atoms with van der Waals surface area (Å²) in [6.45, 7) is 2.85. The van der Waals surface area contributed by atoms with Gasteiger partial charge in [-0.15, -0.1) is 0 Å². The second kappa shape index (κ2) is 5.06. The van der Waals surface area contributed by atoms with E-state index in [2.05, 4.69) is 0 Å². The van der Waals surface area contributed by atoms with Gasteiger partial charge in [0.1, 0.15) is 5.82 Å². The van der Waals surface area contributed by atoms with Crippen LogP contribution in [-0.2, 0) is 11.2 Å². The molecule has 0 aliphatic carbocycles. The van der Waals surface area contributed by atoms with Gasteiger partial charge in [-0.25, -0.2) is 4.39 Å². The van der Waals surface area contributed by atoms with Crippen molar-refractivity contribution < 1.29 is 14.3 Å². The van der Waals surface area contributed by atoms with Crippen LogP contribution in [0.1, 0.15) is 25.3 Å². The molecule has 2 rings (SSSR count). The smallest absolute Gasteiger partial charge is 0.227 e. The minimum absolute atomic E-state index is 0.0117. The van der Waals surface area contributed by atoms with Crippen LogP contribution in [0.4, 0.5) is 4.39 Å². The van der Waals surface area contributed by atoms with E-state index in [-0.39, 0.29) is 18.1 Å². The molecular weight excluding hydrogens is 233 g/mol. The van der Waals surface area contributed by atoms with Crippen LogP contribution in [0, 0.1) is 5.82 Å². The Hall–Kier alpha value is -1.42. The zero-order valence-electron chi connectivity index (χ0n) is 10.5. The third kappa shape index (κ3) is 2.88. The van der Waals surface area contributed by atoms with Gasteiger partial charge in [-0.2, -0.15) is 0 Å². The lowest BCUT2D eigenvalue weighted by atomic mass is 9.89. The summed E-state index contributed by atoms with van der Waals surface area (Å²) in [6, 6.07) is 5.94. The monoisotopic (exact) mass is 251 g/mol. The van der Waals surface area contributed by atoms with E-state index in [1.54, 1.807) is 17.0 Å². The minimum Gasteiger partial charge on any atom is -0.386 e. The van der Waals surface area contributed by atoms with Crippen molar-refractivity contribution in [3.8, 4) is 0 Å². The number of likely N-dealkylation sites (tertiary alicyclic amines) is 1. The molecule has 1 aliphatic heterocycles. The number of hydrogen-bond acceptors (Lipinski definition) is 2. The average Bonchev–Trinajstić information content (AvgIpc) is 2.29. The fourth-order valence-electron chi connectivity index (χ4n) is 2.35. The van der Waals surface area contributed by atoms with Gasteiger partial charge in [0.2, 0.25) is 5.91 Å². The molecule has 0 spiro atoms. The molecule has 1 aliphatic rings. The first-order valence-corrected chi connectivity index (χ1v) is 6.27. The summed E-state index contributed by atoms with van der Waals surface area (Å²) < 4.78 is 12.7. The molecule has 1 heterocycles. The third-order valence-corrected chi connectivity index (χ3v) is 3.31. The average molecular weight is 251 g/mol. The quantitative estimate of drug-likeness (QED) is 0.885. The van der Waals surface area contributed by atoms with Gasteiger partial charge in [-0.05, 0) is 24.1 Å². The normalized spacial score (nSPS) is 17.4. The lowest BCUT2D eigenvalue weighted by Gasteiger charge is -2.46. The van der Waals surface area contributed by atoms with E-state index in [0.29, 0.717) is 13.1 Å². The largest absolute Gasteiger partial charge is 0.386 e. The standard InChI is InChI=1S/C14H18FNO2/c1-2-7-14(18)9-16(10-14)13(17)8-11-3-5-12(15)6-4-11/h3-6,18H,2,7-10H2,1H3. The van der Waals surface area contributed by atoms with Crippen molar-refractivity contribution in [2.75, 3.05) is 13.1 Å². The molecule has 0 aromatic heterocycles. The van der Waals surface area contributed by atoms with E-state index in [4.69, 9.17) is 0 Å². The highest BCUT2D eigenvalue weighted by molar-refractivity contribution is 5.79. The molecule has 0 radical (unpaired) electrons. The Kier molecular flexibility index (Phi) is 3.66. The highest BCUT2D eigenvalue weighted by atomic mass is 19.1. The number of halogens is 1. The molecule has 0 bridgehead atoms. The van der Waals surface area contributed by atoms with Crippen molar-refractivity contribution in [2.24, 2.45) is 0 Å². The van der Waals surface area contributed by atoms with Gasteiger partial charge in [0.25, 0.3) is 0 Å². The van der Waals surface area contributed by atoms with E-state index in [9.17, 15) is 14.3 Å². The van der Waals surface area contributed by atoms with Gasteiger partial charge < -0.3 is 10.0 Å².